The summed E-state index contributed by atoms with van der Waals surface area (Å²) in [5, 5.41) is 8.42. The van der Waals surface area contributed by atoms with Crippen LogP contribution < -0.4 is 9.64 Å². The van der Waals surface area contributed by atoms with Gasteiger partial charge >= 0.3 is 0 Å². The highest BCUT2D eigenvalue weighted by Gasteiger charge is 2.25. The molecule has 0 radical (unpaired) electrons. The van der Waals surface area contributed by atoms with Crippen LogP contribution in [-0.4, -0.2) is 69.1 Å². The maximum absolute atomic E-state index is 13.7. The Kier molecular flexibility index (Phi) is 5.55. The predicted octanol–water partition coefficient (Wildman–Crippen LogP) is 2.25. The highest BCUT2D eigenvalue weighted by atomic mass is 19.1. The Bertz CT molecular complexity index is 1280. The van der Waals surface area contributed by atoms with Crippen LogP contribution in [-0.2, 0) is 11.2 Å². The number of anilines is 1. The molecule has 1 amide bonds. The number of amides is 1. The maximum Gasteiger partial charge on any atom is 0.227 e. The van der Waals surface area contributed by atoms with E-state index in [0.717, 1.165) is 11.3 Å². The molecule has 3 heterocycles. The molecular weight excluding hydrogens is 425 g/mol. The molecule has 10 heteroatoms. The van der Waals surface area contributed by atoms with Gasteiger partial charge in [-0.2, -0.15) is 4.68 Å². The highest BCUT2D eigenvalue weighted by molar-refractivity contribution is 5.84. The van der Waals surface area contributed by atoms with Crippen molar-refractivity contribution in [3.05, 3.63) is 66.2 Å². The monoisotopic (exact) mass is 447 g/mol. The largest absolute Gasteiger partial charge is 0.497 e. The van der Waals surface area contributed by atoms with E-state index in [1.54, 1.807) is 19.2 Å². The molecule has 168 valence electrons. The molecule has 0 atom stereocenters. The van der Waals surface area contributed by atoms with Gasteiger partial charge in [0.15, 0.2) is 17.0 Å². The predicted molar refractivity (Wildman–Crippen MR) is 120 cm³/mol. The van der Waals surface area contributed by atoms with Crippen LogP contribution in [0.1, 0.15) is 5.56 Å². The summed E-state index contributed by atoms with van der Waals surface area (Å²) in [6, 6.07) is 13.6. The molecule has 1 fully saturated rings. The SMILES string of the molecule is COc1ccc(CC(=O)N2CCN(c3ncnc4c3nnn4-c3cccc(F)c3)CC2)cc1. The molecule has 2 aromatic heterocycles. The third kappa shape index (κ3) is 4.19. The minimum Gasteiger partial charge on any atom is -0.497 e. The first-order valence-electron chi connectivity index (χ1n) is 10.6. The van der Waals surface area contributed by atoms with Crippen molar-refractivity contribution in [1.29, 1.82) is 0 Å². The first-order chi connectivity index (χ1) is 16.1. The van der Waals surface area contributed by atoms with Crippen molar-refractivity contribution in [2.45, 2.75) is 6.42 Å². The fourth-order valence-electron chi connectivity index (χ4n) is 3.95. The van der Waals surface area contributed by atoms with Crippen molar-refractivity contribution in [3.8, 4) is 11.4 Å². The second-order valence-corrected chi connectivity index (χ2v) is 7.74. The molecular formula is C23H22FN7O2. The molecule has 9 nitrogen and oxygen atoms in total. The number of carbonyl (C=O) groups is 1. The zero-order chi connectivity index (χ0) is 22.8. The lowest BCUT2D eigenvalue weighted by Gasteiger charge is -2.35. The molecule has 5 rings (SSSR count). The Hall–Kier alpha value is -4.08. The number of nitrogens with zero attached hydrogens (tertiary/aromatic N) is 7. The quantitative estimate of drug-likeness (QED) is 0.464. The Labute approximate surface area is 189 Å². The third-order valence-electron chi connectivity index (χ3n) is 5.72. The van der Waals surface area contributed by atoms with Crippen LogP contribution in [0, 0.1) is 5.82 Å². The van der Waals surface area contributed by atoms with Gasteiger partial charge in [0, 0.05) is 26.2 Å². The number of halogens is 1. The molecule has 33 heavy (non-hydrogen) atoms. The molecule has 2 aromatic carbocycles. The number of hydrogen-bond acceptors (Lipinski definition) is 7. The lowest BCUT2D eigenvalue weighted by Crippen LogP contribution is -2.49. The molecule has 0 aliphatic carbocycles. The molecule has 1 aliphatic rings. The average molecular weight is 447 g/mol. The zero-order valence-electron chi connectivity index (χ0n) is 18.1. The van der Waals surface area contributed by atoms with Crippen LogP contribution in [0.5, 0.6) is 5.75 Å². The first-order valence-corrected chi connectivity index (χ1v) is 10.6. The molecule has 0 N–H and O–H groups in total. The van der Waals surface area contributed by atoms with Gasteiger partial charge in [-0.3, -0.25) is 4.79 Å². The van der Waals surface area contributed by atoms with Crippen molar-refractivity contribution in [2.24, 2.45) is 0 Å². The summed E-state index contributed by atoms with van der Waals surface area (Å²) in [5.74, 6) is 1.15. The molecule has 0 spiro atoms. The van der Waals surface area contributed by atoms with Crippen LogP contribution in [0.3, 0.4) is 0 Å². The second kappa shape index (κ2) is 8.81. The molecule has 0 bridgehead atoms. The first kappa shape index (κ1) is 20.8. The van der Waals surface area contributed by atoms with Crippen molar-refractivity contribution in [3.63, 3.8) is 0 Å². The molecule has 0 unspecified atom stereocenters. The minimum absolute atomic E-state index is 0.0877. The van der Waals surface area contributed by atoms with Crippen LogP contribution in [0.2, 0.25) is 0 Å². The Morgan fingerprint density at radius 1 is 1.06 bits per heavy atom. The van der Waals surface area contributed by atoms with Gasteiger partial charge in [0.2, 0.25) is 5.91 Å². The number of fused-ring (bicyclic) bond motifs is 1. The third-order valence-corrected chi connectivity index (χ3v) is 5.72. The topological polar surface area (TPSA) is 89.3 Å². The van der Waals surface area contributed by atoms with E-state index in [0.29, 0.717) is 55.3 Å². The van der Waals surface area contributed by atoms with E-state index in [2.05, 4.69) is 25.2 Å². The molecule has 1 aliphatic heterocycles. The maximum atomic E-state index is 13.7. The number of ether oxygens (including phenoxy) is 1. The average Bonchev–Trinajstić information content (AvgIpc) is 3.29. The minimum atomic E-state index is -0.360. The van der Waals surface area contributed by atoms with Gasteiger partial charge in [0.25, 0.3) is 0 Å². The van der Waals surface area contributed by atoms with E-state index in [1.165, 1.54) is 23.1 Å². The number of benzene rings is 2. The normalized spacial score (nSPS) is 14.0. The van der Waals surface area contributed by atoms with Gasteiger partial charge in [0.05, 0.1) is 19.2 Å². The fraction of sp³-hybridized carbons (Fsp3) is 0.261. The van der Waals surface area contributed by atoms with Crippen molar-refractivity contribution >= 4 is 22.9 Å². The highest BCUT2D eigenvalue weighted by Crippen LogP contribution is 2.24. The van der Waals surface area contributed by atoms with E-state index in [4.69, 9.17) is 4.74 Å². The summed E-state index contributed by atoms with van der Waals surface area (Å²) in [6.07, 6.45) is 1.81. The Balaban J connectivity index is 1.29. The Morgan fingerprint density at radius 2 is 1.85 bits per heavy atom. The van der Waals surface area contributed by atoms with Crippen molar-refractivity contribution in [2.75, 3.05) is 38.2 Å². The van der Waals surface area contributed by atoms with E-state index in [1.807, 2.05) is 29.2 Å². The summed E-state index contributed by atoms with van der Waals surface area (Å²) in [5.41, 5.74) is 2.54. The standard InChI is InChI=1S/C23H22FN7O2/c1-33-19-7-5-16(6-8-19)13-20(32)29-9-11-30(12-10-29)22-21-23(26-15-25-22)31(28-27-21)18-4-2-3-17(24)14-18/h2-8,14-15H,9-13H2,1H3. The van der Waals surface area contributed by atoms with E-state index in [9.17, 15) is 9.18 Å². The Morgan fingerprint density at radius 3 is 2.58 bits per heavy atom. The van der Waals surface area contributed by atoms with Crippen molar-refractivity contribution in [1.82, 2.24) is 29.9 Å². The fourth-order valence-corrected chi connectivity index (χ4v) is 3.95. The summed E-state index contributed by atoms with van der Waals surface area (Å²) in [7, 11) is 1.62. The number of aromatic nitrogens is 5. The summed E-state index contributed by atoms with van der Waals surface area (Å²) in [4.78, 5) is 25.4. The van der Waals surface area contributed by atoms with Gasteiger partial charge in [-0.1, -0.05) is 23.4 Å². The number of hydrogen-bond donors (Lipinski definition) is 0. The van der Waals surface area contributed by atoms with Crippen LogP contribution >= 0.6 is 0 Å². The lowest BCUT2D eigenvalue weighted by atomic mass is 10.1. The molecule has 4 aromatic rings. The van der Waals surface area contributed by atoms with Crippen LogP contribution in [0.25, 0.3) is 16.9 Å². The number of piperazine rings is 1. The van der Waals surface area contributed by atoms with Crippen LogP contribution in [0.15, 0.2) is 54.9 Å². The van der Waals surface area contributed by atoms with Gasteiger partial charge in [-0.05, 0) is 35.9 Å². The van der Waals surface area contributed by atoms with E-state index < -0.39 is 0 Å². The summed E-state index contributed by atoms with van der Waals surface area (Å²) < 4.78 is 20.3. The molecule has 1 saturated heterocycles. The summed E-state index contributed by atoms with van der Waals surface area (Å²) >= 11 is 0. The zero-order valence-corrected chi connectivity index (χ0v) is 18.1. The number of methoxy groups -OCH3 is 1. The van der Waals surface area contributed by atoms with Crippen molar-refractivity contribution < 1.29 is 13.9 Å². The number of carbonyl (C=O) groups excluding carboxylic acids is 1. The van der Waals surface area contributed by atoms with Crippen LogP contribution in [0.4, 0.5) is 10.2 Å². The lowest BCUT2D eigenvalue weighted by molar-refractivity contribution is -0.130. The molecule has 0 saturated carbocycles. The number of rotatable bonds is 5. The summed E-state index contributed by atoms with van der Waals surface area (Å²) in [6.45, 7) is 2.40. The van der Waals surface area contributed by atoms with Gasteiger partial charge in [-0.15, -0.1) is 5.10 Å². The van der Waals surface area contributed by atoms with E-state index in [-0.39, 0.29) is 11.7 Å². The van der Waals surface area contributed by atoms with Gasteiger partial charge in [-0.25, -0.2) is 14.4 Å². The van der Waals surface area contributed by atoms with Gasteiger partial charge in [0.1, 0.15) is 17.9 Å². The second-order valence-electron chi connectivity index (χ2n) is 7.74. The smallest absolute Gasteiger partial charge is 0.227 e. The van der Waals surface area contributed by atoms with E-state index >= 15 is 0 Å². The van der Waals surface area contributed by atoms with Gasteiger partial charge < -0.3 is 14.5 Å².